The number of nitrogens with one attached hydrogen (secondary N) is 1. The lowest BCUT2D eigenvalue weighted by Gasteiger charge is -2.52. The zero-order valence-corrected chi connectivity index (χ0v) is 21.2. The van der Waals surface area contributed by atoms with Crippen molar-refractivity contribution in [2.75, 3.05) is 26.2 Å². The van der Waals surface area contributed by atoms with Gasteiger partial charge in [0.2, 0.25) is 0 Å². The molecule has 1 saturated heterocycles. The Balaban J connectivity index is 1.11. The number of fused-ring (bicyclic) bond motifs is 1. The fourth-order valence-corrected chi connectivity index (χ4v) is 5.79. The number of nitriles is 1. The summed E-state index contributed by atoms with van der Waals surface area (Å²) < 4.78 is 54.9. The first-order valence-electron chi connectivity index (χ1n) is 12.8. The van der Waals surface area contributed by atoms with Crippen LogP contribution in [-0.2, 0) is 11.7 Å². The molecule has 0 bridgehead atoms. The number of nitrogens with zero attached hydrogens (tertiary/aromatic N) is 7. The minimum atomic E-state index is -4.74. The molecule has 9 nitrogen and oxygen atoms in total. The molecule has 0 unspecified atom stereocenters. The van der Waals surface area contributed by atoms with E-state index in [9.17, 15) is 27.6 Å². The molecule has 4 heterocycles. The Labute approximate surface area is 226 Å². The third-order valence-electron chi connectivity index (χ3n) is 7.93. The van der Waals surface area contributed by atoms with Crippen LogP contribution in [0.2, 0.25) is 0 Å². The van der Waals surface area contributed by atoms with Crippen LogP contribution in [0.4, 0.5) is 17.6 Å². The van der Waals surface area contributed by atoms with Crippen molar-refractivity contribution in [2.45, 2.75) is 37.0 Å². The number of rotatable bonds is 5. The van der Waals surface area contributed by atoms with E-state index in [2.05, 4.69) is 31.0 Å². The van der Waals surface area contributed by atoms with Crippen LogP contribution in [0.1, 0.15) is 35.2 Å². The number of amides is 1. The zero-order chi connectivity index (χ0) is 28.1. The summed E-state index contributed by atoms with van der Waals surface area (Å²) in [4.78, 5) is 28.3. The van der Waals surface area contributed by atoms with Gasteiger partial charge in [0, 0.05) is 61.1 Å². The van der Waals surface area contributed by atoms with Crippen LogP contribution in [0.5, 0.6) is 0 Å². The average Bonchev–Trinajstić information content (AvgIpc) is 3.60. The van der Waals surface area contributed by atoms with Gasteiger partial charge in [-0.25, -0.2) is 14.4 Å². The second kappa shape index (κ2) is 9.71. The van der Waals surface area contributed by atoms with Gasteiger partial charge in [-0.3, -0.25) is 14.4 Å². The molecule has 0 atom stereocenters. The summed E-state index contributed by atoms with van der Waals surface area (Å²) in [7, 11) is 0. The molecule has 1 amide bonds. The number of piperazine rings is 1. The number of aromatic amines is 1. The van der Waals surface area contributed by atoms with Gasteiger partial charge in [0.1, 0.15) is 17.8 Å². The molecule has 13 heteroatoms. The largest absolute Gasteiger partial charge is 0.416 e. The van der Waals surface area contributed by atoms with Crippen LogP contribution >= 0.6 is 0 Å². The van der Waals surface area contributed by atoms with Crippen molar-refractivity contribution in [2.24, 2.45) is 0 Å². The van der Waals surface area contributed by atoms with Gasteiger partial charge in [-0.05, 0) is 37.1 Å². The summed E-state index contributed by atoms with van der Waals surface area (Å²) in [6, 6.07) is 6.28. The van der Waals surface area contributed by atoms with Crippen molar-refractivity contribution in [1.82, 2.24) is 34.5 Å². The molecule has 1 aliphatic carbocycles. The molecule has 0 spiro atoms. The molecular weight excluding hydrogens is 528 g/mol. The van der Waals surface area contributed by atoms with Crippen molar-refractivity contribution in [3.63, 3.8) is 0 Å². The zero-order valence-electron chi connectivity index (χ0n) is 21.2. The Hall–Kier alpha value is -4.31. The molecule has 3 aromatic heterocycles. The Morgan fingerprint density at radius 3 is 2.65 bits per heavy atom. The normalized spacial score (nSPS) is 21.8. The molecule has 40 heavy (non-hydrogen) atoms. The highest BCUT2D eigenvalue weighted by Gasteiger charge is 2.49. The van der Waals surface area contributed by atoms with E-state index in [0.717, 1.165) is 28.4 Å². The van der Waals surface area contributed by atoms with Gasteiger partial charge < -0.3 is 9.88 Å². The molecule has 1 aromatic carbocycles. The molecule has 4 aromatic rings. The Bertz CT molecular complexity index is 1610. The van der Waals surface area contributed by atoms with Crippen LogP contribution in [0.15, 0.2) is 49.2 Å². The SMILES string of the molecule is N#CC[C@]1(n2cc(-c3ncnc4[nH]ccc34)cn2)C[C@H](N2CCN(C(=O)c3cc(F)cc(C(F)(F)F)c3)CC2)C1. The quantitative estimate of drug-likeness (QED) is 0.372. The fraction of sp³-hybridized carbons (Fsp3) is 0.370. The second-order valence-electron chi connectivity index (χ2n) is 10.3. The first kappa shape index (κ1) is 25.9. The van der Waals surface area contributed by atoms with Crippen LogP contribution < -0.4 is 0 Å². The Morgan fingerprint density at radius 2 is 1.93 bits per heavy atom. The van der Waals surface area contributed by atoms with Gasteiger partial charge in [-0.2, -0.15) is 23.5 Å². The number of halogens is 4. The first-order valence-corrected chi connectivity index (χ1v) is 12.8. The standard InChI is InChI=1S/C27H24F4N8O/c28-20-10-17(9-19(11-20)27(29,30)31)25(40)38-7-5-37(6-8-38)21-12-26(13-21,2-3-32)39-15-18(14-36-39)23-22-1-4-33-24(22)35-16-34-23/h1,4,9-11,14-16,21H,2,5-8,12-13H2,(H,33,34,35)/t21-,26-. The maximum absolute atomic E-state index is 13.8. The number of H-pyrrole nitrogens is 1. The van der Waals surface area contributed by atoms with E-state index in [1.807, 2.05) is 16.9 Å². The number of alkyl halides is 3. The van der Waals surface area contributed by atoms with Gasteiger partial charge in [-0.15, -0.1) is 0 Å². The summed E-state index contributed by atoms with van der Waals surface area (Å²) in [5.41, 5.74) is 0.339. The predicted molar refractivity (Wildman–Crippen MR) is 135 cm³/mol. The Morgan fingerprint density at radius 1 is 1.15 bits per heavy atom. The van der Waals surface area contributed by atoms with E-state index in [4.69, 9.17) is 0 Å². The number of carbonyl (C=O) groups is 1. The molecule has 1 aliphatic heterocycles. The molecule has 0 radical (unpaired) electrons. The van der Waals surface area contributed by atoms with Gasteiger partial charge in [0.05, 0.1) is 35.5 Å². The summed E-state index contributed by atoms with van der Waals surface area (Å²) in [6.07, 6.45) is 3.86. The van der Waals surface area contributed by atoms with E-state index < -0.39 is 29.0 Å². The fourth-order valence-electron chi connectivity index (χ4n) is 5.79. The van der Waals surface area contributed by atoms with E-state index in [0.29, 0.717) is 51.2 Å². The van der Waals surface area contributed by atoms with Crippen molar-refractivity contribution in [3.8, 4) is 17.3 Å². The van der Waals surface area contributed by atoms with Crippen molar-refractivity contribution < 1.29 is 22.4 Å². The highest BCUT2D eigenvalue weighted by molar-refractivity contribution is 5.94. The molecule has 2 fully saturated rings. The number of carbonyl (C=O) groups excluding carboxylic acids is 1. The van der Waals surface area contributed by atoms with Gasteiger partial charge in [-0.1, -0.05) is 0 Å². The minimum absolute atomic E-state index is 0.166. The highest BCUT2D eigenvalue weighted by Crippen LogP contribution is 2.45. The van der Waals surface area contributed by atoms with Crippen LogP contribution in [0.3, 0.4) is 0 Å². The number of aromatic nitrogens is 5. The van der Waals surface area contributed by atoms with Gasteiger partial charge in [0.25, 0.3) is 5.91 Å². The van der Waals surface area contributed by atoms with E-state index >= 15 is 0 Å². The molecule has 2 aliphatic rings. The van der Waals surface area contributed by atoms with Gasteiger partial charge >= 0.3 is 6.18 Å². The summed E-state index contributed by atoms with van der Waals surface area (Å²) in [5.74, 6) is -1.72. The monoisotopic (exact) mass is 552 g/mol. The summed E-state index contributed by atoms with van der Waals surface area (Å²) in [5, 5.41) is 15.1. The molecule has 1 saturated carbocycles. The van der Waals surface area contributed by atoms with Crippen LogP contribution in [0, 0.1) is 17.1 Å². The highest BCUT2D eigenvalue weighted by atomic mass is 19.4. The molecule has 1 N–H and O–H groups in total. The maximum atomic E-state index is 13.8. The van der Waals surface area contributed by atoms with E-state index in [1.54, 1.807) is 12.4 Å². The van der Waals surface area contributed by atoms with E-state index in [-0.39, 0.29) is 18.0 Å². The number of benzene rings is 1. The molecule has 6 rings (SSSR count). The maximum Gasteiger partial charge on any atom is 0.416 e. The number of hydrogen-bond acceptors (Lipinski definition) is 6. The number of hydrogen-bond donors (Lipinski definition) is 1. The van der Waals surface area contributed by atoms with Crippen LogP contribution in [-0.4, -0.2) is 72.7 Å². The lowest BCUT2D eigenvalue weighted by atomic mass is 9.70. The average molecular weight is 553 g/mol. The third kappa shape index (κ3) is 4.58. The lowest BCUT2D eigenvalue weighted by Crippen LogP contribution is -2.60. The van der Waals surface area contributed by atoms with Gasteiger partial charge in [0.15, 0.2) is 0 Å². The second-order valence-corrected chi connectivity index (χ2v) is 10.3. The molecular formula is C27H24F4N8O. The topological polar surface area (TPSA) is 107 Å². The van der Waals surface area contributed by atoms with E-state index in [1.165, 1.54) is 11.2 Å². The predicted octanol–water partition coefficient (Wildman–Crippen LogP) is 4.21. The smallest absolute Gasteiger partial charge is 0.346 e. The Kier molecular flexibility index (Phi) is 6.29. The van der Waals surface area contributed by atoms with Crippen LogP contribution in [0.25, 0.3) is 22.3 Å². The van der Waals surface area contributed by atoms with Crippen molar-refractivity contribution in [3.05, 3.63) is 66.1 Å². The van der Waals surface area contributed by atoms with Crippen molar-refractivity contribution >= 4 is 16.9 Å². The molecule has 206 valence electrons. The lowest BCUT2D eigenvalue weighted by molar-refractivity contribution is -0.137. The third-order valence-corrected chi connectivity index (χ3v) is 7.93. The first-order chi connectivity index (χ1) is 19.2. The minimum Gasteiger partial charge on any atom is -0.346 e. The summed E-state index contributed by atoms with van der Waals surface area (Å²) >= 11 is 0. The summed E-state index contributed by atoms with van der Waals surface area (Å²) in [6.45, 7) is 1.67. The van der Waals surface area contributed by atoms with Crippen molar-refractivity contribution in [1.29, 1.82) is 5.26 Å².